The van der Waals surface area contributed by atoms with Crippen LogP contribution in [0.3, 0.4) is 0 Å². The molecular formula is C15H21N3O. The first-order valence-corrected chi connectivity index (χ1v) is 7.42. The molecule has 0 unspecified atom stereocenters. The molecule has 4 fully saturated rings. The summed E-state index contributed by atoms with van der Waals surface area (Å²) < 4.78 is 1.16. The molecule has 4 heteroatoms. The van der Waals surface area contributed by atoms with Crippen molar-refractivity contribution < 1.29 is 0 Å². The number of nitrogen functional groups attached to an aromatic ring is 1. The van der Waals surface area contributed by atoms with Crippen molar-refractivity contribution in [2.24, 2.45) is 17.8 Å². The molecule has 4 aliphatic carbocycles. The van der Waals surface area contributed by atoms with Crippen molar-refractivity contribution in [1.82, 2.24) is 9.66 Å². The Kier molecular flexibility index (Phi) is 2.19. The number of hydrogen-bond acceptors (Lipinski definition) is 3. The van der Waals surface area contributed by atoms with Crippen molar-refractivity contribution in [3.8, 4) is 0 Å². The number of aryl methyl sites for hydroxylation is 1. The van der Waals surface area contributed by atoms with E-state index >= 15 is 0 Å². The van der Waals surface area contributed by atoms with Gasteiger partial charge in [0.15, 0.2) is 0 Å². The van der Waals surface area contributed by atoms with Gasteiger partial charge in [-0.05, 0) is 69.3 Å². The highest BCUT2D eigenvalue weighted by molar-refractivity contribution is 5.24. The Morgan fingerprint density at radius 1 is 1.21 bits per heavy atom. The van der Waals surface area contributed by atoms with E-state index in [0.717, 1.165) is 33.8 Å². The van der Waals surface area contributed by atoms with Gasteiger partial charge in [0, 0.05) is 11.1 Å². The van der Waals surface area contributed by atoms with E-state index in [2.05, 4.69) is 11.1 Å². The van der Waals surface area contributed by atoms with Gasteiger partial charge in [-0.1, -0.05) is 0 Å². The van der Waals surface area contributed by atoms with E-state index in [0.29, 0.717) is 0 Å². The summed E-state index contributed by atoms with van der Waals surface area (Å²) in [6.07, 6.45) is 7.93. The first-order chi connectivity index (χ1) is 9.06. The number of nitrogens with zero attached hydrogens (tertiary/aromatic N) is 2. The zero-order valence-electron chi connectivity index (χ0n) is 11.4. The Morgan fingerprint density at radius 3 is 2.21 bits per heavy atom. The molecule has 4 nitrogen and oxygen atoms in total. The second-order valence-corrected chi connectivity index (χ2v) is 7.13. The van der Waals surface area contributed by atoms with Crippen LogP contribution in [0.1, 0.15) is 49.9 Å². The first-order valence-electron chi connectivity index (χ1n) is 7.42. The van der Waals surface area contributed by atoms with Gasteiger partial charge in [-0.3, -0.25) is 0 Å². The average Bonchev–Trinajstić information content (AvgIpc) is 2.33. The van der Waals surface area contributed by atoms with Crippen molar-refractivity contribution in [1.29, 1.82) is 0 Å². The minimum Gasteiger partial charge on any atom is -0.335 e. The lowest BCUT2D eigenvalue weighted by Crippen LogP contribution is -2.50. The van der Waals surface area contributed by atoms with E-state index in [1.165, 1.54) is 38.5 Å². The highest BCUT2D eigenvalue weighted by Crippen LogP contribution is 2.60. The molecule has 4 aliphatic rings. The Morgan fingerprint density at radius 2 is 1.74 bits per heavy atom. The molecule has 0 saturated heterocycles. The Labute approximate surface area is 113 Å². The Bertz CT molecular complexity index is 554. The van der Waals surface area contributed by atoms with Crippen LogP contribution in [0.4, 0.5) is 0 Å². The molecule has 1 aromatic heterocycles. The maximum absolute atomic E-state index is 11.9. The third-order valence-electron chi connectivity index (χ3n) is 5.73. The standard InChI is InChI=1S/C15H21N3O/c1-9-2-13(17-14(19)18(9)16)15-6-10-3-11(7-15)5-12(4-10)8-15/h2,10-12H,3-8,16H2,1H3. The molecule has 5 rings (SSSR count). The summed E-state index contributed by atoms with van der Waals surface area (Å²) >= 11 is 0. The summed E-state index contributed by atoms with van der Waals surface area (Å²) in [5.74, 6) is 8.29. The maximum Gasteiger partial charge on any atom is 0.366 e. The van der Waals surface area contributed by atoms with Crippen LogP contribution >= 0.6 is 0 Å². The van der Waals surface area contributed by atoms with Gasteiger partial charge in [-0.2, -0.15) is 4.98 Å². The van der Waals surface area contributed by atoms with Gasteiger partial charge < -0.3 is 5.84 Å². The van der Waals surface area contributed by atoms with Crippen LogP contribution in [0.25, 0.3) is 0 Å². The zero-order valence-corrected chi connectivity index (χ0v) is 11.4. The molecule has 102 valence electrons. The van der Waals surface area contributed by atoms with Gasteiger partial charge in [0.25, 0.3) is 0 Å². The lowest BCUT2D eigenvalue weighted by Gasteiger charge is -2.56. The van der Waals surface area contributed by atoms with E-state index in [1.54, 1.807) is 0 Å². The first kappa shape index (κ1) is 11.5. The molecule has 0 radical (unpaired) electrons. The van der Waals surface area contributed by atoms with Crippen LogP contribution in [0.5, 0.6) is 0 Å². The van der Waals surface area contributed by atoms with Gasteiger partial charge in [-0.25, -0.2) is 9.47 Å². The van der Waals surface area contributed by atoms with E-state index in [-0.39, 0.29) is 11.1 Å². The van der Waals surface area contributed by atoms with Crippen LogP contribution in [-0.4, -0.2) is 9.66 Å². The third kappa shape index (κ3) is 1.58. The minimum atomic E-state index is -0.300. The molecule has 0 aliphatic heterocycles. The molecule has 1 heterocycles. The zero-order chi connectivity index (χ0) is 13.2. The van der Waals surface area contributed by atoms with Crippen molar-refractivity contribution in [3.05, 3.63) is 27.9 Å². The molecule has 0 atom stereocenters. The predicted octanol–water partition coefficient (Wildman–Crippen LogP) is 1.73. The van der Waals surface area contributed by atoms with E-state index < -0.39 is 0 Å². The van der Waals surface area contributed by atoms with Crippen LogP contribution < -0.4 is 11.5 Å². The molecule has 0 spiro atoms. The highest BCUT2D eigenvalue weighted by atomic mass is 16.1. The van der Waals surface area contributed by atoms with Gasteiger partial charge in [0.2, 0.25) is 0 Å². The monoisotopic (exact) mass is 259 g/mol. The quantitative estimate of drug-likeness (QED) is 0.781. The summed E-state index contributed by atoms with van der Waals surface area (Å²) in [6.45, 7) is 1.90. The lowest BCUT2D eigenvalue weighted by molar-refractivity contribution is -0.00745. The van der Waals surface area contributed by atoms with Gasteiger partial charge in [-0.15, -0.1) is 0 Å². The highest BCUT2D eigenvalue weighted by Gasteiger charge is 2.52. The van der Waals surface area contributed by atoms with Crippen molar-refractivity contribution in [2.75, 3.05) is 5.84 Å². The SMILES string of the molecule is Cc1cc(C23CC4CC(CC(C4)C2)C3)nc(=O)n1N. The van der Waals surface area contributed by atoms with Crippen LogP contribution in [0, 0.1) is 24.7 Å². The summed E-state index contributed by atoms with van der Waals surface area (Å²) in [4.78, 5) is 16.2. The molecule has 1 aromatic rings. The van der Waals surface area contributed by atoms with Gasteiger partial charge in [0.1, 0.15) is 0 Å². The topological polar surface area (TPSA) is 60.9 Å². The normalized spacial score (nSPS) is 39.7. The average molecular weight is 259 g/mol. The molecule has 0 aromatic carbocycles. The number of rotatable bonds is 1. The van der Waals surface area contributed by atoms with Crippen molar-refractivity contribution in [2.45, 2.75) is 50.9 Å². The summed E-state index contributed by atoms with van der Waals surface area (Å²) in [5.41, 5.74) is 1.74. The Balaban J connectivity index is 1.82. The molecule has 4 saturated carbocycles. The molecular weight excluding hydrogens is 238 g/mol. The second kappa shape index (κ2) is 3.62. The molecule has 4 bridgehead atoms. The summed E-state index contributed by atoms with van der Waals surface area (Å²) in [5, 5.41) is 0. The number of aromatic nitrogens is 2. The maximum atomic E-state index is 11.9. The van der Waals surface area contributed by atoms with Crippen molar-refractivity contribution >= 4 is 0 Å². The smallest absolute Gasteiger partial charge is 0.335 e. The summed E-state index contributed by atoms with van der Waals surface area (Å²) in [7, 11) is 0. The second-order valence-electron chi connectivity index (χ2n) is 7.13. The van der Waals surface area contributed by atoms with E-state index in [9.17, 15) is 4.79 Å². The van der Waals surface area contributed by atoms with Crippen LogP contribution in [0.2, 0.25) is 0 Å². The minimum absolute atomic E-state index is 0.187. The predicted molar refractivity (Wildman–Crippen MR) is 73.2 cm³/mol. The number of hydrogen-bond donors (Lipinski definition) is 1. The molecule has 0 amide bonds. The molecule has 2 N–H and O–H groups in total. The fourth-order valence-corrected chi connectivity index (χ4v) is 5.30. The lowest BCUT2D eigenvalue weighted by atomic mass is 9.49. The summed E-state index contributed by atoms with van der Waals surface area (Å²) in [6, 6.07) is 2.05. The molecule has 19 heavy (non-hydrogen) atoms. The Hall–Kier alpha value is -1.32. The van der Waals surface area contributed by atoms with Crippen LogP contribution in [-0.2, 0) is 5.41 Å². The number of nitrogens with two attached hydrogens (primary N) is 1. The van der Waals surface area contributed by atoms with Gasteiger partial charge in [0.05, 0.1) is 5.69 Å². The fraction of sp³-hybridized carbons (Fsp3) is 0.733. The van der Waals surface area contributed by atoms with Crippen LogP contribution in [0.15, 0.2) is 10.9 Å². The van der Waals surface area contributed by atoms with Crippen molar-refractivity contribution in [3.63, 3.8) is 0 Å². The largest absolute Gasteiger partial charge is 0.366 e. The fourth-order valence-electron chi connectivity index (χ4n) is 5.30. The van der Waals surface area contributed by atoms with Gasteiger partial charge >= 0.3 is 5.69 Å². The van der Waals surface area contributed by atoms with E-state index in [4.69, 9.17) is 5.84 Å². The third-order valence-corrected chi connectivity index (χ3v) is 5.73. The van der Waals surface area contributed by atoms with E-state index in [1.807, 2.05) is 6.92 Å².